The van der Waals surface area contributed by atoms with Crippen molar-refractivity contribution in [1.29, 1.82) is 0 Å². The summed E-state index contributed by atoms with van der Waals surface area (Å²) in [5.74, 6) is -0.470. The van der Waals surface area contributed by atoms with Crippen molar-refractivity contribution >= 4 is 23.7 Å². The predicted octanol–water partition coefficient (Wildman–Crippen LogP) is 3.71. The van der Waals surface area contributed by atoms with Gasteiger partial charge in [0.2, 0.25) is 0 Å². The van der Waals surface area contributed by atoms with Gasteiger partial charge in [0.15, 0.2) is 0 Å². The summed E-state index contributed by atoms with van der Waals surface area (Å²) in [5.41, 5.74) is 2.98. The number of rotatable bonds is 5. The van der Waals surface area contributed by atoms with Gasteiger partial charge in [-0.05, 0) is 36.4 Å². The highest BCUT2D eigenvalue weighted by Gasteiger charge is 2.08. The number of ether oxygens (including phenoxy) is 1. The van der Waals surface area contributed by atoms with Gasteiger partial charge >= 0.3 is 6.61 Å². The molecule has 0 saturated carbocycles. The Kier molecular flexibility index (Phi) is 5.43. The van der Waals surface area contributed by atoms with Crippen molar-refractivity contribution in [2.45, 2.75) is 6.61 Å². The van der Waals surface area contributed by atoms with Gasteiger partial charge in [-0.1, -0.05) is 23.7 Å². The number of nitrogens with one attached hydrogen (secondary N) is 1. The molecular weight excluding hydrogens is 314 g/mol. The van der Waals surface area contributed by atoms with Gasteiger partial charge in [0, 0.05) is 16.1 Å². The normalized spacial score (nSPS) is 10.9. The smallest absolute Gasteiger partial charge is 0.387 e. The summed E-state index contributed by atoms with van der Waals surface area (Å²) >= 11 is 5.72. The molecule has 0 atom stereocenters. The zero-order valence-electron chi connectivity index (χ0n) is 11.2. The second kappa shape index (κ2) is 7.51. The molecule has 1 N–H and O–H groups in total. The predicted molar refractivity (Wildman–Crippen MR) is 79.6 cm³/mol. The maximum Gasteiger partial charge on any atom is 0.387 e. The molecule has 0 aliphatic carbocycles. The van der Waals surface area contributed by atoms with Crippen LogP contribution >= 0.6 is 11.6 Å². The summed E-state index contributed by atoms with van der Waals surface area (Å²) in [6.07, 6.45) is 1.23. The number of carbonyl (C=O) groups excluding carboxylic acids is 1. The fourth-order valence-corrected chi connectivity index (χ4v) is 1.74. The number of hydrogen-bond donors (Lipinski definition) is 1. The first-order valence-electron chi connectivity index (χ1n) is 6.19. The quantitative estimate of drug-likeness (QED) is 0.673. The van der Waals surface area contributed by atoms with Crippen molar-refractivity contribution in [3.63, 3.8) is 0 Å². The van der Waals surface area contributed by atoms with Crippen LogP contribution in [0.2, 0.25) is 5.02 Å². The van der Waals surface area contributed by atoms with Crippen LogP contribution in [0.25, 0.3) is 0 Å². The Morgan fingerprint density at radius 2 is 1.86 bits per heavy atom. The lowest BCUT2D eigenvalue weighted by Gasteiger charge is -2.06. The molecule has 0 bridgehead atoms. The third-order valence-corrected chi connectivity index (χ3v) is 2.86. The van der Waals surface area contributed by atoms with E-state index in [0.29, 0.717) is 16.1 Å². The molecule has 0 aromatic heterocycles. The third-order valence-electron chi connectivity index (χ3n) is 2.61. The molecular formula is C15H11ClF2N2O2. The maximum atomic E-state index is 12.3. The van der Waals surface area contributed by atoms with Crippen LogP contribution in [-0.2, 0) is 0 Å². The van der Waals surface area contributed by atoms with Gasteiger partial charge in [0.05, 0.1) is 6.21 Å². The van der Waals surface area contributed by atoms with Crippen LogP contribution in [0.3, 0.4) is 0 Å². The summed E-state index contributed by atoms with van der Waals surface area (Å²) in [5, 5.41) is 4.24. The second-order valence-electron chi connectivity index (χ2n) is 4.12. The van der Waals surface area contributed by atoms with Gasteiger partial charge in [-0.3, -0.25) is 4.79 Å². The average Bonchev–Trinajstić information content (AvgIpc) is 2.49. The zero-order valence-corrected chi connectivity index (χ0v) is 11.9. The highest BCUT2D eigenvalue weighted by atomic mass is 35.5. The van der Waals surface area contributed by atoms with E-state index in [0.717, 1.165) is 0 Å². The van der Waals surface area contributed by atoms with Crippen molar-refractivity contribution in [3.05, 3.63) is 64.7 Å². The number of carbonyl (C=O) groups is 1. The van der Waals surface area contributed by atoms with Crippen LogP contribution in [0, 0.1) is 0 Å². The molecule has 0 heterocycles. The molecule has 0 aliphatic heterocycles. The molecule has 0 unspecified atom stereocenters. The number of halogens is 3. The molecule has 0 fully saturated rings. The Bertz CT molecular complexity index is 675. The summed E-state index contributed by atoms with van der Waals surface area (Å²) in [6.45, 7) is -2.93. The molecule has 0 radical (unpaired) electrons. The van der Waals surface area contributed by atoms with Gasteiger partial charge in [0.1, 0.15) is 5.75 Å². The first kappa shape index (κ1) is 15.9. The number of alkyl halides is 2. The second-order valence-corrected chi connectivity index (χ2v) is 4.56. The van der Waals surface area contributed by atoms with E-state index in [4.69, 9.17) is 11.6 Å². The average molecular weight is 325 g/mol. The van der Waals surface area contributed by atoms with E-state index in [-0.39, 0.29) is 5.75 Å². The van der Waals surface area contributed by atoms with E-state index in [9.17, 15) is 13.6 Å². The van der Waals surface area contributed by atoms with E-state index in [2.05, 4.69) is 15.3 Å². The lowest BCUT2D eigenvalue weighted by atomic mass is 10.2. The Labute approximate surface area is 130 Å². The van der Waals surface area contributed by atoms with Crippen LogP contribution in [0.15, 0.2) is 53.6 Å². The molecule has 0 saturated heterocycles. The van der Waals surface area contributed by atoms with Crippen molar-refractivity contribution in [2.75, 3.05) is 0 Å². The van der Waals surface area contributed by atoms with Crippen molar-refractivity contribution in [3.8, 4) is 5.75 Å². The summed E-state index contributed by atoms with van der Waals surface area (Å²) < 4.78 is 28.9. The van der Waals surface area contributed by atoms with Crippen molar-refractivity contribution < 1.29 is 18.3 Å². The minimum Gasteiger partial charge on any atom is -0.434 e. The number of nitrogens with zero attached hydrogens (tertiary/aromatic N) is 1. The topological polar surface area (TPSA) is 50.7 Å². The molecule has 2 aromatic carbocycles. The number of hydrogen-bond acceptors (Lipinski definition) is 3. The molecule has 114 valence electrons. The number of para-hydroxylation sites is 1. The maximum absolute atomic E-state index is 12.3. The fourth-order valence-electron chi connectivity index (χ4n) is 1.62. The van der Waals surface area contributed by atoms with Crippen molar-refractivity contribution in [2.24, 2.45) is 5.10 Å². The first-order chi connectivity index (χ1) is 10.6. The Morgan fingerprint density at radius 1 is 1.18 bits per heavy atom. The fraction of sp³-hybridized carbons (Fsp3) is 0.0667. The van der Waals surface area contributed by atoms with Crippen LogP contribution in [0.5, 0.6) is 5.75 Å². The lowest BCUT2D eigenvalue weighted by Crippen LogP contribution is -2.17. The van der Waals surface area contributed by atoms with Gasteiger partial charge in [-0.15, -0.1) is 0 Å². The monoisotopic (exact) mass is 324 g/mol. The first-order valence-corrected chi connectivity index (χ1v) is 6.57. The number of hydrazone groups is 1. The molecule has 2 aromatic rings. The Morgan fingerprint density at radius 3 is 2.55 bits per heavy atom. The highest BCUT2D eigenvalue weighted by molar-refractivity contribution is 6.30. The molecule has 1 amide bonds. The minimum atomic E-state index is -2.93. The molecule has 4 nitrogen and oxygen atoms in total. The van der Waals surface area contributed by atoms with Crippen LogP contribution in [0.1, 0.15) is 15.9 Å². The highest BCUT2D eigenvalue weighted by Crippen LogP contribution is 2.18. The molecule has 0 spiro atoms. The van der Waals surface area contributed by atoms with Crippen LogP contribution < -0.4 is 10.2 Å². The Hall–Kier alpha value is -2.47. The van der Waals surface area contributed by atoms with Crippen LogP contribution in [-0.4, -0.2) is 18.7 Å². The minimum absolute atomic E-state index is 0.0259. The number of amides is 1. The molecule has 22 heavy (non-hydrogen) atoms. The summed E-state index contributed by atoms with van der Waals surface area (Å²) in [7, 11) is 0. The van der Waals surface area contributed by atoms with Gasteiger partial charge in [0.25, 0.3) is 5.91 Å². The van der Waals surface area contributed by atoms with E-state index in [1.807, 2.05) is 0 Å². The number of benzene rings is 2. The standard InChI is InChI=1S/C15H11ClF2N2O2/c16-12-7-5-10(6-8-12)14(21)20-19-9-11-3-1-2-4-13(11)22-15(17)18/h1-9,15H,(H,20,21). The lowest BCUT2D eigenvalue weighted by molar-refractivity contribution is -0.0499. The van der Waals surface area contributed by atoms with Crippen molar-refractivity contribution in [1.82, 2.24) is 5.43 Å². The Balaban J connectivity index is 2.03. The van der Waals surface area contributed by atoms with Gasteiger partial charge < -0.3 is 4.74 Å². The van der Waals surface area contributed by atoms with Gasteiger partial charge in [-0.25, -0.2) is 5.43 Å². The molecule has 7 heteroatoms. The summed E-state index contributed by atoms with van der Waals surface area (Å²) in [4.78, 5) is 11.8. The largest absolute Gasteiger partial charge is 0.434 e. The van der Waals surface area contributed by atoms with E-state index >= 15 is 0 Å². The van der Waals surface area contributed by atoms with E-state index in [1.165, 1.54) is 18.3 Å². The summed E-state index contributed by atoms with van der Waals surface area (Å²) in [6, 6.07) is 12.4. The van der Waals surface area contributed by atoms with E-state index in [1.54, 1.807) is 36.4 Å². The SMILES string of the molecule is O=C(NN=Cc1ccccc1OC(F)F)c1ccc(Cl)cc1. The zero-order chi connectivity index (χ0) is 15.9. The van der Waals surface area contributed by atoms with E-state index < -0.39 is 12.5 Å². The van der Waals surface area contributed by atoms with Crippen LogP contribution in [0.4, 0.5) is 8.78 Å². The molecule has 0 aliphatic rings. The molecule has 2 rings (SSSR count). The third kappa shape index (κ3) is 4.53. The van der Waals surface area contributed by atoms with Gasteiger partial charge in [-0.2, -0.15) is 13.9 Å².